The minimum Gasteiger partial charge on any atom is -0.497 e. The molecule has 40 heavy (non-hydrogen) atoms. The van der Waals surface area contributed by atoms with Gasteiger partial charge < -0.3 is 25.2 Å². The van der Waals surface area contributed by atoms with Crippen molar-refractivity contribution >= 4 is 62.6 Å². The van der Waals surface area contributed by atoms with Gasteiger partial charge in [0.05, 0.1) is 18.0 Å². The topological polar surface area (TPSA) is 137 Å². The molecule has 2 atom stereocenters. The van der Waals surface area contributed by atoms with Gasteiger partial charge in [0, 0.05) is 47.7 Å². The van der Waals surface area contributed by atoms with Crippen molar-refractivity contribution in [2.45, 2.75) is 37.8 Å². The van der Waals surface area contributed by atoms with Crippen molar-refractivity contribution < 1.29 is 27.5 Å². The summed E-state index contributed by atoms with van der Waals surface area (Å²) < 4.78 is 33.3. The van der Waals surface area contributed by atoms with Crippen molar-refractivity contribution in [3.63, 3.8) is 0 Å². The first-order chi connectivity index (χ1) is 19.1. The summed E-state index contributed by atoms with van der Waals surface area (Å²) in [6.45, 7) is 1.01. The Balaban J connectivity index is 1.28. The van der Waals surface area contributed by atoms with Gasteiger partial charge in [0.15, 0.2) is 0 Å². The molecular weight excluding hydrogens is 578 g/mol. The molecule has 1 aromatic carbocycles. The first-order valence-electron chi connectivity index (χ1n) is 12.9. The summed E-state index contributed by atoms with van der Waals surface area (Å²) in [5, 5.41) is 6.57. The van der Waals surface area contributed by atoms with E-state index in [4.69, 9.17) is 16.3 Å². The van der Waals surface area contributed by atoms with E-state index < -0.39 is 28.0 Å². The number of piperidine rings is 1. The number of rotatable bonds is 10. The molecule has 11 nitrogen and oxygen atoms in total. The van der Waals surface area contributed by atoms with E-state index in [-0.39, 0.29) is 25.0 Å². The Morgan fingerprint density at radius 3 is 2.73 bits per heavy atom. The number of methoxy groups -OCH3 is 1. The summed E-state index contributed by atoms with van der Waals surface area (Å²) in [6, 6.07) is 8.81. The van der Waals surface area contributed by atoms with Crippen molar-refractivity contribution in [3.05, 3.63) is 51.0 Å². The maximum absolute atomic E-state index is 13.2. The van der Waals surface area contributed by atoms with E-state index in [0.29, 0.717) is 46.6 Å². The summed E-state index contributed by atoms with van der Waals surface area (Å²) in [5.74, 6) is -0.0426. The standard InChI is InChI=1S/C26H32ClN5O6S2/c1-38-20-7-2-5-18(15-20)29-26(35)28-16-19-6-3-13-32(19)24(33)17-31-12-4-8-22(25(31)34)30-40(36,37)14-11-21-9-10-23(27)39-21/h2,5,7,9-11,14-15,19,22,30H,3-4,6,8,12-13,16-17H2,1H3,(H2,28,29,35)/t19-,22+/m1/s1. The van der Waals surface area contributed by atoms with Gasteiger partial charge in [-0.2, -0.15) is 4.72 Å². The fraction of sp³-hybridized carbons (Fsp3) is 0.423. The second kappa shape index (κ2) is 13.5. The van der Waals surface area contributed by atoms with E-state index in [2.05, 4.69) is 15.4 Å². The Labute approximate surface area is 242 Å². The third-order valence-electron chi connectivity index (χ3n) is 6.69. The fourth-order valence-corrected chi connectivity index (χ4v) is 6.81. The minimum absolute atomic E-state index is 0.146. The number of nitrogens with one attached hydrogen (secondary N) is 3. The van der Waals surface area contributed by atoms with Crippen LogP contribution in [0.15, 0.2) is 41.8 Å². The lowest BCUT2D eigenvalue weighted by atomic mass is 10.1. The maximum atomic E-state index is 13.2. The van der Waals surface area contributed by atoms with Crippen molar-refractivity contribution in [2.75, 3.05) is 38.6 Å². The first-order valence-corrected chi connectivity index (χ1v) is 15.6. The zero-order valence-electron chi connectivity index (χ0n) is 22.0. The molecule has 2 fully saturated rings. The van der Waals surface area contributed by atoms with Crippen LogP contribution < -0.4 is 20.1 Å². The maximum Gasteiger partial charge on any atom is 0.319 e. The van der Waals surface area contributed by atoms with Crippen LogP contribution in [-0.4, -0.2) is 81.4 Å². The molecule has 3 heterocycles. The number of carbonyl (C=O) groups is 3. The number of benzene rings is 1. The number of nitrogens with zero attached hydrogens (tertiary/aromatic N) is 2. The van der Waals surface area contributed by atoms with Gasteiger partial charge in [-0.05, 0) is 56.0 Å². The van der Waals surface area contributed by atoms with Gasteiger partial charge in [0.2, 0.25) is 21.8 Å². The van der Waals surface area contributed by atoms with E-state index in [1.807, 2.05) is 0 Å². The number of anilines is 1. The Kier molecular flexibility index (Phi) is 10.1. The molecule has 2 aliphatic rings. The monoisotopic (exact) mass is 609 g/mol. The molecule has 0 bridgehead atoms. The lowest BCUT2D eigenvalue weighted by Crippen LogP contribution is -2.55. The smallest absolute Gasteiger partial charge is 0.319 e. The number of carbonyl (C=O) groups excluding carboxylic acids is 3. The van der Waals surface area contributed by atoms with Gasteiger partial charge in [0.1, 0.15) is 11.8 Å². The quantitative estimate of drug-likeness (QED) is 0.379. The van der Waals surface area contributed by atoms with Crippen LogP contribution in [0.1, 0.15) is 30.6 Å². The van der Waals surface area contributed by atoms with E-state index in [1.165, 1.54) is 22.3 Å². The molecule has 0 saturated carbocycles. The van der Waals surface area contributed by atoms with E-state index in [9.17, 15) is 22.8 Å². The largest absolute Gasteiger partial charge is 0.497 e. The summed E-state index contributed by atoms with van der Waals surface area (Å²) in [7, 11) is -2.34. The van der Waals surface area contributed by atoms with Crippen LogP contribution in [0.5, 0.6) is 5.75 Å². The summed E-state index contributed by atoms with van der Waals surface area (Å²) in [6.07, 6.45) is 3.84. The number of urea groups is 1. The van der Waals surface area contributed by atoms with Gasteiger partial charge in [-0.1, -0.05) is 17.7 Å². The van der Waals surface area contributed by atoms with Crippen LogP contribution in [0.3, 0.4) is 0 Å². The molecular formula is C26H32ClN5O6S2. The molecule has 14 heteroatoms. The van der Waals surface area contributed by atoms with Gasteiger partial charge in [-0.3, -0.25) is 9.59 Å². The normalized spacial score (nSPS) is 19.7. The highest BCUT2D eigenvalue weighted by atomic mass is 35.5. The number of sulfonamides is 1. The SMILES string of the molecule is COc1cccc(NC(=O)NC[C@H]2CCCN2C(=O)CN2CCC[C@H](NS(=O)(=O)C=Cc3ccc(Cl)s3)C2=O)c1. The fourth-order valence-electron chi connectivity index (χ4n) is 4.74. The zero-order chi connectivity index (χ0) is 28.7. The number of hydrogen-bond donors (Lipinski definition) is 3. The number of halogens is 1. The Hall–Kier alpha value is -3.13. The molecule has 0 spiro atoms. The van der Waals surface area contributed by atoms with Crippen LogP contribution in [-0.2, 0) is 19.6 Å². The Bertz CT molecular complexity index is 1360. The molecule has 2 aliphatic heterocycles. The lowest BCUT2D eigenvalue weighted by molar-refractivity contribution is -0.143. The third-order valence-corrected chi connectivity index (χ3v) is 9.00. The molecule has 1 aromatic heterocycles. The predicted molar refractivity (Wildman–Crippen MR) is 155 cm³/mol. The molecule has 216 valence electrons. The molecule has 0 unspecified atom stereocenters. The van der Waals surface area contributed by atoms with E-state index in [1.54, 1.807) is 48.4 Å². The Morgan fingerprint density at radius 1 is 1.18 bits per heavy atom. The van der Waals surface area contributed by atoms with Crippen molar-refractivity contribution in [3.8, 4) is 5.75 Å². The average Bonchev–Trinajstić information content (AvgIpc) is 3.57. The van der Waals surface area contributed by atoms with Crippen molar-refractivity contribution in [1.29, 1.82) is 0 Å². The summed E-state index contributed by atoms with van der Waals surface area (Å²) in [4.78, 5) is 42.4. The van der Waals surface area contributed by atoms with Gasteiger partial charge in [0.25, 0.3) is 0 Å². The number of likely N-dealkylation sites (tertiary alicyclic amines) is 2. The number of amides is 4. The lowest BCUT2D eigenvalue weighted by Gasteiger charge is -2.34. The highest BCUT2D eigenvalue weighted by Crippen LogP contribution is 2.23. The molecule has 2 saturated heterocycles. The van der Waals surface area contributed by atoms with Gasteiger partial charge >= 0.3 is 6.03 Å². The zero-order valence-corrected chi connectivity index (χ0v) is 24.4. The van der Waals surface area contributed by atoms with Crippen LogP contribution in [0.25, 0.3) is 6.08 Å². The second-order valence-corrected chi connectivity index (χ2v) is 12.9. The number of ether oxygens (including phenoxy) is 1. The second-order valence-electron chi connectivity index (χ2n) is 9.51. The van der Waals surface area contributed by atoms with E-state index >= 15 is 0 Å². The van der Waals surface area contributed by atoms with E-state index in [0.717, 1.165) is 18.2 Å². The number of hydrogen-bond acceptors (Lipinski definition) is 7. The van der Waals surface area contributed by atoms with Gasteiger partial charge in [-0.25, -0.2) is 13.2 Å². The molecule has 0 radical (unpaired) electrons. The molecule has 3 N–H and O–H groups in total. The Morgan fingerprint density at radius 2 is 1.98 bits per heavy atom. The third kappa shape index (κ3) is 8.19. The summed E-state index contributed by atoms with van der Waals surface area (Å²) in [5.41, 5.74) is 0.580. The molecule has 2 aromatic rings. The van der Waals surface area contributed by atoms with Crippen LogP contribution in [0, 0.1) is 0 Å². The highest BCUT2D eigenvalue weighted by Gasteiger charge is 2.35. The molecule has 0 aliphatic carbocycles. The molecule has 4 amide bonds. The highest BCUT2D eigenvalue weighted by molar-refractivity contribution is 7.92. The van der Waals surface area contributed by atoms with Gasteiger partial charge in [-0.15, -0.1) is 11.3 Å². The predicted octanol–water partition coefficient (Wildman–Crippen LogP) is 3.10. The van der Waals surface area contributed by atoms with Crippen LogP contribution in [0.4, 0.5) is 10.5 Å². The summed E-state index contributed by atoms with van der Waals surface area (Å²) >= 11 is 7.12. The molecule has 4 rings (SSSR count). The van der Waals surface area contributed by atoms with Crippen LogP contribution in [0.2, 0.25) is 4.34 Å². The first kappa shape index (κ1) is 29.8. The minimum atomic E-state index is -3.88. The van der Waals surface area contributed by atoms with Crippen LogP contribution >= 0.6 is 22.9 Å². The average molecular weight is 610 g/mol. The van der Waals surface area contributed by atoms with Crippen molar-refractivity contribution in [1.82, 2.24) is 19.8 Å². The van der Waals surface area contributed by atoms with Crippen molar-refractivity contribution in [2.24, 2.45) is 0 Å². The number of thiophene rings is 1.